The standard InChI is InChI=1S/C18H24N4O3/c1-11-19-17(25-20-11)18-9-21(15(23)6-12-2-3-12)7-14(18)8-22(10-18)16(24)13-4-5-13/h12-14H,2-10H2,1H3. The number of rotatable bonds is 4. The maximum Gasteiger partial charge on any atom is 0.236 e. The maximum atomic E-state index is 12.6. The SMILES string of the molecule is Cc1noc(C23CN(C(=O)CC4CC4)CC2CN(C(=O)C2CC2)C3)n1. The molecular formula is C18H24N4O3. The van der Waals surface area contributed by atoms with E-state index in [9.17, 15) is 9.59 Å². The molecule has 2 aliphatic carbocycles. The summed E-state index contributed by atoms with van der Waals surface area (Å²) in [5.74, 6) is 2.71. The van der Waals surface area contributed by atoms with Crippen LogP contribution in [-0.4, -0.2) is 57.9 Å². The van der Waals surface area contributed by atoms with Gasteiger partial charge >= 0.3 is 0 Å². The van der Waals surface area contributed by atoms with Crippen LogP contribution in [0.15, 0.2) is 4.52 Å². The highest BCUT2D eigenvalue weighted by molar-refractivity contribution is 5.82. The number of aryl methyl sites for hydroxylation is 1. The zero-order valence-electron chi connectivity index (χ0n) is 14.6. The Morgan fingerprint density at radius 1 is 1.16 bits per heavy atom. The van der Waals surface area contributed by atoms with Crippen molar-refractivity contribution in [3.05, 3.63) is 11.7 Å². The number of likely N-dealkylation sites (tertiary alicyclic amines) is 2. The van der Waals surface area contributed by atoms with Gasteiger partial charge in [-0.15, -0.1) is 0 Å². The van der Waals surface area contributed by atoms with E-state index in [-0.39, 0.29) is 29.1 Å². The highest BCUT2D eigenvalue weighted by Gasteiger charge is 2.59. The smallest absolute Gasteiger partial charge is 0.236 e. The molecule has 4 aliphatic rings. The zero-order valence-corrected chi connectivity index (χ0v) is 14.6. The highest BCUT2D eigenvalue weighted by atomic mass is 16.5. The third kappa shape index (κ3) is 2.55. The summed E-state index contributed by atoms with van der Waals surface area (Å²) in [6.07, 6.45) is 5.05. The van der Waals surface area contributed by atoms with Crippen LogP contribution >= 0.6 is 0 Å². The summed E-state index contributed by atoms with van der Waals surface area (Å²) in [5, 5.41) is 3.97. The summed E-state index contributed by atoms with van der Waals surface area (Å²) in [7, 11) is 0. The van der Waals surface area contributed by atoms with Crippen LogP contribution in [0.4, 0.5) is 0 Å². The van der Waals surface area contributed by atoms with Crippen LogP contribution in [-0.2, 0) is 15.0 Å². The summed E-state index contributed by atoms with van der Waals surface area (Å²) in [6, 6.07) is 0. The van der Waals surface area contributed by atoms with Gasteiger partial charge in [-0.2, -0.15) is 4.98 Å². The first kappa shape index (κ1) is 15.3. The minimum Gasteiger partial charge on any atom is -0.341 e. The van der Waals surface area contributed by atoms with Crippen molar-refractivity contribution >= 4 is 11.8 Å². The van der Waals surface area contributed by atoms with E-state index in [1.807, 2.05) is 16.7 Å². The van der Waals surface area contributed by atoms with Crippen molar-refractivity contribution in [3.63, 3.8) is 0 Å². The molecule has 2 saturated carbocycles. The molecule has 2 saturated heterocycles. The van der Waals surface area contributed by atoms with Gasteiger partial charge in [-0.05, 0) is 38.5 Å². The van der Waals surface area contributed by atoms with Crippen LogP contribution < -0.4 is 0 Å². The van der Waals surface area contributed by atoms with Crippen molar-refractivity contribution in [1.82, 2.24) is 19.9 Å². The lowest BCUT2D eigenvalue weighted by molar-refractivity contribution is -0.132. The van der Waals surface area contributed by atoms with Crippen LogP contribution in [0.5, 0.6) is 0 Å². The van der Waals surface area contributed by atoms with Gasteiger partial charge in [0, 0.05) is 44.4 Å². The lowest BCUT2D eigenvalue weighted by Gasteiger charge is -2.26. The van der Waals surface area contributed by atoms with Crippen molar-refractivity contribution < 1.29 is 14.1 Å². The number of hydrogen-bond acceptors (Lipinski definition) is 5. The van der Waals surface area contributed by atoms with Gasteiger partial charge in [0.25, 0.3) is 0 Å². The summed E-state index contributed by atoms with van der Waals surface area (Å²) in [6.45, 7) is 4.40. The first-order valence-electron chi connectivity index (χ1n) is 9.42. The Labute approximate surface area is 146 Å². The fourth-order valence-electron chi connectivity index (χ4n) is 4.51. The molecule has 25 heavy (non-hydrogen) atoms. The van der Waals surface area contributed by atoms with E-state index in [4.69, 9.17) is 4.52 Å². The predicted octanol–water partition coefficient (Wildman–Crippen LogP) is 1.13. The van der Waals surface area contributed by atoms with E-state index in [1.54, 1.807) is 0 Å². The van der Waals surface area contributed by atoms with Crippen molar-refractivity contribution in [1.29, 1.82) is 0 Å². The molecule has 2 amide bonds. The number of carbonyl (C=O) groups is 2. The predicted molar refractivity (Wildman–Crippen MR) is 87.4 cm³/mol. The Kier molecular flexibility index (Phi) is 3.24. The van der Waals surface area contributed by atoms with Crippen LogP contribution in [0.2, 0.25) is 0 Å². The van der Waals surface area contributed by atoms with E-state index in [2.05, 4.69) is 10.1 Å². The molecule has 7 heteroatoms. The topological polar surface area (TPSA) is 79.5 Å². The average molecular weight is 344 g/mol. The molecule has 1 aromatic rings. The largest absolute Gasteiger partial charge is 0.341 e. The van der Waals surface area contributed by atoms with Gasteiger partial charge in [-0.1, -0.05) is 5.16 Å². The average Bonchev–Trinajstić information content (AvgIpc) is 3.47. The molecule has 2 aliphatic heterocycles. The monoisotopic (exact) mass is 344 g/mol. The van der Waals surface area contributed by atoms with E-state index in [0.29, 0.717) is 50.2 Å². The summed E-state index contributed by atoms with van der Waals surface area (Å²) in [4.78, 5) is 33.6. The number of nitrogens with zero attached hydrogens (tertiary/aromatic N) is 4. The number of fused-ring (bicyclic) bond motifs is 1. The molecular weight excluding hydrogens is 320 g/mol. The molecule has 0 N–H and O–H groups in total. The molecule has 134 valence electrons. The molecule has 1 aromatic heterocycles. The minimum atomic E-state index is -0.384. The molecule has 0 spiro atoms. The molecule has 0 aromatic carbocycles. The minimum absolute atomic E-state index is 0.193. The van der Waals surface area contributed by atoms with Gasteiger partial charge in [0.2, 0.25) is 17.7 Å². The zero-order chi connectivity index (χ0) is 17.2. The molecule has 0 bridgehead atoms. The molecule has 4 fully saturated rings. The van der Waals surface area contributed by atoms with Gasteiger partial charge < -0.3 is 14.3 Å². The third-order valence-electron chi connectivity index (χ3n) is 6.31. The lowest BCUT2D eigenvalue weighted by Crippen LogP contribution is -2.41. The molecule has 2 atom stereocenters. The first-order valence-corrected chi connectivity index (χ1v) is 9.42. The van der Waals surface area contributed by atoms with Gasteiger partial charge in [0.05, 0.1) is 5.41 Å². The Hall–Kier alpha value is -1.92. The summed E-state index contributed by atoms with van der Waals surface area (Å²) < 4.78 is 5.54. The van der Waals surface area contributed by atoms with Crippen LogP contribution in [0.25, 0.3) is 0 Å². The Balaban J connectivity index is 1.40. The number of carbonyl (C=O) groups excluding carboxylic acids is 2. The van der Waals surface area contributed by atoms with E-state index in [1.165, 1.54) is 12.8 Å². The van der Waals surface area contributed by atoms with E-state index in [0.717, 1.165) is 12.8 Å². The highest BCUT2D eigenvalue weighted by Crippen LogP contribution is 2.46. The van der Waals surface area contributed by atoms with E-state index >= 15 is 0 Å². The lowest BCUT2D eigenvalue weighted by atomic mass is 9.81. The maximum absolute atomic E-state index is 12.6. The fraction of sp³-hybridized carbons (Fsp3) is 0.778. The Morgan fingerprint density at radius 3 is 2.52 bits per heavy atom. The van der Waals surface area contributed by atoms with Crippen molar-refractivity contribution in [3.8, 4) is 0 Å². The second-order valence-electron chi connectivity index (χ2n) is 8.41. The van der Waals surface area contributed by atoms with Crippen molar-refractivity contribution in [2.45, 2.75) is 44.4 Å². The fourth-order valence-corrected chi connectivity index (χ4v) is 4.51. The Bertz CT molecular complexity index is 724. The molecule has 2 unspecified atom stereocenters. The Morgan fingerprint density at radius 2 is 1.88 bits per heavy atom. The van der Waals surface area contributed by atoms with Crippen LogP contribution in [0.3, 0.4) is 0 Å². The van der Waals surface area contributed by atoms with Crippen LogP contribution in [0.1, 0.15) is 43.8 Å². The van der Waals surface area contributed by atoms with E-state index < -0.39 is 0 Å². The summed E-state index contributed by atoms with van der Waals surface area (Å²) in [5.41, 5.74) is -0.384. The number of aromatic nitrogens is 2. The molecule has 0 radical (unpaired) electrons. The van der Waals surface area contributed by atoms with Gasteiger partial charge in [0.1, 0.15) is 0 Å². The molecule has 5 rings (SSSR count). The van der Waals surface area contributed by atoms with Crippen molar-refractivity contribution in [2.75, 3.05) is 26.2 Å². The molecule has 3 heterocycles. The van der Waals surface area contributed by atoms with Gasteiger partial charge in [-0.25, -0.2) is 0 Å². The molecule has 7 nitrogen and oxygen atoms in total. The van der Waals surface area contributed by atoms with Gasteiger partial charge in [0.15, 0.2) is 5.82 Å². The third-order valence-corrected chi connectivity index (χ3v) is 6.31. The van der Waals surface area contributed by atoms with Crippen LogP contribution in [0, 0.1) is 24.7 Å². The summed E-state index contributed by atoms with van der Waals surface area (Å²) >= 11 is 0. The van der Waals surface area contributed by atoms with Gasteiger partial charge in [-0.3, -0.25) is 9.59 Å². The first-order chi connectivity index (χ1) is 12.0. The quantitative estimate of drug-likeness (QED) is 0.818. The number of hydrogen-bond donors (Lipinski definition) is 0. The number of amides is 2. The van der Waals surface area contributed by atoms with Crippen molar-refractivity contribution in [2.24, 2.45) is 17.8 Å². The second-order valence-corrected chi connectivity index (χ2v) is 8.41. The second kappa shape index (κ2) is 5.29. The normalized spacial score (nSPS) is 31.5.